The number of imide groups is 1. The first-order chi connectivity index (χ1) is 15.5. The predicted octanol–water partition coefficient (Wildman–Crippen LogP) is 5.42. The SMILES string of the molecule is O=C(/C=C/c1ccccc1)Nc1ccc(SC2CC(=O)N(c3ccc(Cl)cc3)C2=O)cc1. The average Bonchev–Trinajstić information content (AvgIpc) is 3.08. The summed E-state index contributed by atoms with van der Waals surface area (Å²) < 4.78 is 0. The van der Waals surface area contributed by atoms with Crippen LogP contribution in [0.15, 0.2) is 89.8 Å². The van der Waals surface area contributed by atoms with Gasteiger partial charge in [-0.15, -0.1) is 11.8 Å². The van der Waals surface area contributed by atoms with E-state index in [0.717, 1.165) is 10.5 Å². The van der Waals surface area contributed by atoms with E-state index in [1.165, 1.54) is 22.7 Å². The molecule has 0 saturated carbocycles. The van der Waals surface area contributed by atoms with Gasteiger partial charge < -0.3 is 5.32 Å². The zero-order valence-electron chi connectivity index (χ0n) is 16.9. The summed E-state index contributed by atoms with van der Waals surface area (Å²) in [5.74, 6) is -0.709. The summed E-state index contributed by atoms with van der Waals surface area (Å²) in [5.41, 5.74) is 2.11. The Kier molecular flexibility index (Phi) is 6.73. The highest BCUT2D eigenvalue weighted by Crippen LogP contribution is 2.34. The van der Waals surface area contributed by atoms with Crippen LogP contribution < -0.4 is 10.2 Å². The Morgan fingerprint density at radius 1 is 0.969 bits per heavy atom. The van der Waals surface area contributed by atoms with Gasteiger partial charge in [0, 0.05) is 28.1 Å². The van der Waals surface area contributed by atoms with Crippen molar-refractivity contribution >= 4 is 58.5 Å². The van der Waals surface area contributed by atoms with E-state index in [0.29, 0.717) is 16.4 Å². The molecule has 3 amide bonds. The van der Waals surface area contributed by atoms with Gasteiger partial charge in [0.15, 0.2) is 0 Å². The zero-order chi connectivity index (χ0) is 22.5. The first kappa shape index (κ1) is 21.9. The third kappa shape index (κ3) is 5.28. The number of hydrogen-bond donors (Lipinski definition) is 1. The first-order valence-electron chi connectivity index (χ1n) is 9.93. The standard InChI is InChI=1S/C25H19ClN2O3S/c26-18-7-11-20(12-8-18)28-24(30)16-22(25(28)31)32-21-13-9-19(10-14-21)27-23(29)15-6-17-4-2-1-3-5-17/h1-15,22H,16H2,(H,27,29)/b15-6+. The van der Waals surface area contributed by atoms with E-state index >= 15 is 0 Å². The van der Waals surface area contributed by atoms with Crippen molar-refractivity contribution in [1.29, 1.82) is 0 Å². The van der Waals surface area contributed by atoms with Crippen molar-refractivity contribution in [2.45, 2.75) is 16.6 Å². The van der Waals surface area contributed by atoms with E-state index in [2.05, 4.69) is 5.32 Å². The molecule has 32 heavy (non-hydrogen) atoms. The number of anilines is 2. The van der Waals surface area contributed by atoms with E-state index in [1.54, 1.807) is 42.5 Å². The van der Waals surface area contributed by atoms with Gasteiger partial charge in [0.1, 0.15) is 0 Å². The lowest BCUT2D eigenvalue weighted by molar-refractivity contribution is -0.121. The minimum absolute atomic E-state index is 0.134. The Morgan fingerprint density at radius 3 is 2.34 bits per heavy atom. The largest absolute Gasteiger partial charge is 0.323 e. The van der Waals surface area contributed by atoms with Crippen LogP contribution in [-0.2, 0) is 14.4 Å². The quantitative estimate of drug-likeness (QED) is 0.392. The molecule has 0 aromatic heterocycles. The number of rotatable bonds is 6. The topological polar surface area (TPSA) is 66.5 Å². The zero-order valence-corrected chi connectivity index (χ0v) is 18.5. The lowest BCUT2D eigenvalue weighted by Gasteiger charge is -2.15. The second-order valence-corrected chi connectivity index (χ2v) is 8.82. The number of nitrogens with zero attached hydrogens (tertiary/aromatic N) is 1. The number of benzene rings is 3. The van der Waals surface area contributed by atoms with Crippen molar-refractivity contribution in [2.75, 3.05) is 10.2 Å². The van der Waals surface area contributed by atoms with Crippen molar-refractivity contribution in [1.82, 2.24) is 0 Å². The highest BCUT2D eigenvalue weighted by atomic mass is 35.5. The number of halogens is 1. The van der Waals surface area contributed by atoms with Gasteiger partial charge in [0.25, 0.3) is 0 Å². The number of carbonyl (C=O) groups excluding carboxylic acids is 3. The Bertz CT molecular complexity index is 1160. The van der Waals surface area contributed by atoms with Crippen molar-refractivity contribution in [2.24, 2.45) is 0 Å². The first-order valence-corrected chi connectivity index (χ1v) is 11.2. The van der Waals surface area contributed by atoms with E-state index in [9.17, 15) is 14.4 Å². The minimum atomic E-state index is -0.493. The van der Waals surface area contributed by atoms with E-state index in [-0.39, 0.29) is 24.1 Å². The third-order valence-electron chi connectivity index (χ3n) is 4.82. The number of thioether (sulfide) groups is 1. The molecule has 1 saturated heterocycles. The number of amides is 3. The Labute approximate surface area is 195 Å². The molecule has 5 nitrogen and oxygen atoms in total. The molecule has 0 bridgehead atoms. The maximum Gasteiger partial charge on any atom is 0.248 e. The van der Waals surface area contributed by atoms with Crippen LogP contribution in [0.2, 0.25) is 5.02 Å². The molecule has 1 aliphatic rings. The molecule has 1 atom stereocenters. The van der Waals surface area contributed by atoms with Crippen molar-refractivity contribution in [3.8, 4) is 0 Å². The minimum Gasteiger partial charge on any atom is -0.323 e. The molecular weight excluding hydrogens is 444 g/mol. The normalized spacial score (nSPS) is 16.0. The van der Waals surface area contributed by atoms with Crippen LogP contribution in [0.25, 0.3) is 6.08 Å². The van der Waals surface area contributed by atoms with Crippen LogP contribution in [0, 0.1) is 0 Å². The molecule has 0 radical (unpaired) electrons. The number of carbonyl (C=O) groups is 3. The molecule has 4 rings (SSSR count). The molecule has 160 valence electrons. The number of hydrogen-bond acceptors (Lipinski definition) is 4. The van der Waals surface area contributed by atoms with Crippen LogP contribution in [0.5, 0.6) is 0 Å². The smallest absolute Gasteiger partial charge is 0.248 e. The summed E-state index contributed by atoms with van der Waals surface area (Å²) in [6.07, 6.45) is 3.36. The highest BCUT2D eigenvalue weighted by Gasteiger charge is 2.40. The van der Waals surface area contributed by atoms with Gasteiger partial charge in [-0.1, -0.05) is 41.9 Å². The van der Waals surface area contributed by atoms with Gasteiger partial charge in [-0.05, 0) is 60.2 Å². The summed E-state index contributed by atoms with van der Waals surface area (Å²) in [6.45, 7) is 0. The lowest BCUT2D eigenvalue weighted by Crippen LogP contribution is -2.31. The van der Waals surface area contributed by atoms with Gasteiger partial charge in [0.2, 0.25) is 17.7 Å². The van der Waals surface area contributed by atoms with E-state index < -0.39 is 5.25 Å². The molecular formula is C25H19ClN2O3S. The Balaban J connectivity index is 1.36. The Morgan fingerprint density at radius 2 is 1.66 bits per heavy atom. The monoisotopic (exact) mass is 462 g/mol. The molecule has 1 heterocycles. The second-order valence-electron chi connectivity index (χ2n) is 7.11. The molecule has 1 unspecified atom stereocenters. The van der Waals surface area contributed by atoms with Crippen LogP contribution in [0.1, 0.15) is 12.0 Å². The van der Waals surface area contributed by atoms with Crippen LogP contribution in [0.3, 0.4) is 0 Å². The fourth-order valence-electron chi connectivity index (χ4n) is 3.26. The fourth-order valence-corrected chi connectivity index (χ4v) is 4.44. The van der Waals surface area contributed by atoms with Gasteiger partial charge in [0.05, 0.1) is 10.9 Å². The Hall–Kier alpha value is -3.35. The van der Waals surface area contributed by atoms with Crippen LogP contribution in [-0.4, -0.2) is 23.0 Å². The molecule has 0 aliphatic carbocycles. The van der Waals surface area contributed by atoms with Crippen LogP contribution >= 0.6 is 23.4 Å². The number of nitrogens with one attached hydrogen (secondary N) is 1. The summed E-state index contributed by atoms with van der Waals surface area (Å²) in [6, 6.07) is 23.4. The van der Waals surface area contributed by atoms with E-state index in [1.807, 2.05) is 42.5 Å². The fraction of sp³-hybridized carbons (Fsp3) is 0.0800. The molecule has 1 N–H and O–H groups in total. The summed E-state index contributed by atoms with van der Waals surface area (Å²) in [4.78, 5) is 39.4. The second kappa shape index (κ2) is 9.85. The maximum atomic E-state index is 12.8. The van der Waals surface area contributed by atoms with Crippen LogP contribution in [0.4, 0.5) is 11.4 Å². The molecule has 3 aromatic carbocycles. The predicted molar refractivity (Wildman–Crippen MR) is 129 cm³/mol. The van der Waals surface area contributed by atoms with E-state index in [4.69, 9.17) is 11.6 Å². The average molecular weight is 463 g/mol. The van der Waals surface area contributed by atoms with Crippen molar-refractivity contribution in [3.63, 3.8) is 0 Å². The molecule has 7 heteroatoms. The van der Waals surface area contributed by atoms with Crippen molar-refractivity contribution < 1.29 is 14.4 Å². The van der Waals surface area contributed by atoms with Gasteiger partial charge in [-0.2, -0.15) is 0 Å². The third-order valence-corrected chi connectivity index (χ3v) is 6.27. The maximum absolute atomic E-state index is 12.8. The lowest BCUT2D eigenvalue weighted by atomic mass is 10.2. The highest BCUT2D eigenvalue weighted by molar-refractivity contribution is 8.00. The van der Waals surface area contributed by atoms with Gasteiger partial charge in [-0.25, -0.2) is 4.90 Å². The summed E-state index contributed by atoms with van der Waals surface area (Å²) >= 11 is 7.23. The molecule has 3 aromatic rings. The summed E-state index contributed by atoms with van der Waals surface area (Å²) in [5, 5.41) is 2.86. The van der Waals surface area contributed by atoms with Crippen molar-refractivity contribution in [3.05, 3.63) is 95.5 Å². The van der Waals surface area contributed by atoms with Gasteiger partial charge >= 0.3 is 0 Å². The molecule has 0 spiro atoms. The summed E-state index contributed by atoms with van der Waals surface area (Å²) in [7, 11) is 0. The molecule has 1 aliphatic heterocycles. The molecule has 1 fully saturated rings. The van der Waals surface area contributed by atoms with Gasteiger partial charge in [-0.3, -0.25) is 14.4 Å².